The summed E-state index contributed by atoms with van der Waals surface area (Å²) in [6.07, 6.45) is 8.50. The topological polar surface area (TPSA) is 109 Å². The highest BCUT2D eigenvalue weighted by atomic mass is 16.5. The predicted octanol–water partition coefficient (Wildman–Crippen LogP) is 3.10. The van der Waals surface area contributed by atoms with Crippen LogP contribution in [-0.2, 0) is 24.2 Å². The molecule has 9 heteroatoms. The smallest absolute Gasteiger partial charge is 0.143 e. The van der Waals surface area contributed by atoms with Crippen LogP contribution in [0, 0.1) is 24.7 Å². The SMILES string of the molecule is CCC1(Cn2nc(C)c3c2CCN(c2nc(C)nc(N)c2C=N)C3)CCC(N2CCOCC2)CC1. The second-order valence-electron chi connectivity index (χ2n) is 10.6. The first-order valence-corrected chi connectivity index (χ1v) is 13.2. The Hall–Kier alpha value is -2.52. The van der Waals surface area contributed by atoms with Gasteiger partial charge < -0.3 is 20.8 Å². The van der Waals surface area contributed by atoms with Gasteiger partial charge in [0.2, 0.25) is 0 Å². The highest BCUT2D eigenvalue weighted by Gasteiger charge is 2.38. The molecule has 3 N–H and O–H groups in total. The predicted molar refractivity (Wildman–Crippen MR) is 138 cm³/mol. The third-order valence-corrected chi connectivity index (χ3v) is 8.66. The average molecular weight is 481 g/mol. The lowest BCUT2D eigenvalue weighted by Gasteiger charge is -2.44. The van der Waals surface area contributed by atoms with Gasteiger partial charge in [0.25, 0.3) is 0 Å². The highest BCUT2D eigenvalue weighted by Crippen LogP contribution is 2.43. The molecule has 1 saturated heterocycles. The van der Waals surface area contributed by atoms with Crippen molar-refractivity contribution >= 4 is 17.9 Å². The minimum Gasteiger partial charge on any atom is -0.383 e. The van der Waals surface area contributed by atoms with Crippen LogP contribution in [0.15, 0.2) is 0 Å². The van der Waals surface area contributed by atoms with Gasteiger partial charge in [0, 0.05) is 62.7 Å². The van der Waals surface area contributed by atoms with Crippen molar-refractivity contribution in [1.29, 1.82) is 5.41 Å². The third kappa shape index (κ3) is 4.68. The first-order valence-electron chi connectivity index (χ1n) is 13.2. The molecule has 1 saturated carbocycles. The summed E-state index contributed by atoms with van der Waals surface area (Å²) in [4.78, 5) is 13.8. The zero-order chi connectivity index (χ0) is 24.6. The highest BCUT2D eigenvalue weighted by molar-refractivity contribution is 5.90. The minimum atomic E-state index is 0.331. The number of nitrogens with two attached hydrogens (primary N) is 1. The second kappa shape index (κ2) is 9.85. The van der Waals surface area contributed by atoms with E-state index in [2.05, 4.69) is 38.3 Å². The second-order valence-corrected chi connectivity index (χ2v) is 10.6. The van der Waals surface area contributed by atoms with E-state index in [0.717, 1.165) is 63.9 Å². The van der Waals surface area contributed by atoms with Crippen LogP contribution in [0.5, 0.6) is 0 Å². The molecule has 2 fully saturated rings. The van der Waals surface area contributed by atoms with E-state index < -0.39 is 0 Å². The van der Waals surface area contributed by atoms with E-state index in [1.807, 2.05) is 6.92 Å². The van der Waals surface area contributed by atoms with Gasteiger partial charge >= 0.3 is 0 Å². The van der Waals surface area contributed by atoms with E-state index in [-0.39, 0.29) is 0 Å². The van der Waals surface area contributed by atoms with Crippen molar-refractivity contribution in [3.05, 3.63) is 28.3 Å². The van der Waals surface area contributed by atoms with Gasteiger partial charge in [-0.05, 0) is 51.4 Å². The zero-order valence-electron chi connectivity index (χ0n) is 21.5. The number of nitrogen functional groups attached to an aromatic ring is 1. The summed E-state index contributed by atoms with van der Waals surface area (Å²) in [5, 5.41) is 12.9. The molecule has 4 heterocycles. The van der Waals surface area contributed by atoms with Crippen LogP contribution in [0.2, 0.25) is 0 Å². The van der Waals surface area contributed by atoms with Gasteiger partial charge in [-0.2, -0.15) is 5.10 Å². The van der Waals surface area contributed by atoms with Crippen LogP contribution < -0.4 is 10.6 Å². The summed E-state index contributed by atoms with van der Waals surface area (Å²) in [7, 11) is 0. The van der Waals surface area contributed by atoms with Crippen molar-refractivity contribution in [2.75, 3.05) is 43.5 Å². The number of anilines is 2. The maximum atomic E-state index is 7.83. The van der Waals surface area contributed by atoms with Crippen LogP contribution in [0.3, 0.4) is 0 Å². The average Bonchev–Trinajstić information content (AvgIpc) is 3.18. The summed E-state index contributed by atoms with van der Waals surface area (Å²) in [6, 6.07) is 0.715. The summed E-state index contributed by atoms with van der Waals surface area (Å²) < 4.78 is 7.90. The molecule has 0 bridgehead atoms. The first kappa shape index (κ1) is 24.2. The van der Waals surface area contributed by atoms with E-state index in [9.17, 15) is 0 Å². The Balaban J connectivity index is 1.32. The summed E-state index contributed by atoms with van der Waals surface area (Å²) >= 11 is 0. The largest absolute Gasteiger partial charge is 0.383 e. The standard InChI is InChI=1S/C26H40N8O/c1-4-26(8-5-20(6-9-26)32-11-13-35-14-12-32)17-34-23-7-10-33(16-22(23)18(2)31-34)25-21(15-27)24(28)29-19(3)30-25/h15,20,27H,4-14,16-17H2,1-3H3,(H2,28,29,30). The lowest BCUT2D eigenvalue weighted by molar-refractivity contribution is -0.00753. The van der Waals surface area contributed by atoms with Crippen LogP contribution in [0.25, 0.3) is 0 Å². The molecule has 2 aromatic rings. The molecule has 0 unspecified atom stereocenters. The summed E-state index contributed by atoms with van der Waals surface area (Å²) in [5.41, 5.74) is 10.8. The van der Waals surface area contributed by atoms with E-state index in [1.165, 1.54) is 49.6 Å². The third-order valence-electron chi connectivity index (χ3n) is 8.66. The molecular formula is C26H40N8O. The summed E-state index contributed by atoms with van der Waals surface area (Å²) in [6.45, 7) is 12.9. The van der Waals surface area contributed by atoms with E-state index in [0.29, 0.717) is 28.7 Å². The fraction of sp³-hybridized carbons (Fsp3) is 0.692. The lowest BCUT2D eigenvalue weighted by Crippen LogP contribution is -2.47. The first-order chi connectivity index (χ1) is 16.9. The number of fused-ring (bicyclic) bond motifs is 1. The van der Waals surface area contributed by atoms with Crippen molar-refractivity contribution in [3.63, 3.8) is 0 Å². The molecule has 0 amide bonds. The minimum absolute atomic E-state index is 0.331. The van der Waals surface area contributed by atoms with E-state index >= 15 is 0 Å². The van der Waals surface area contributed by atoms with Crippen LogP contribution in [0.1, 0.15) is 67.4 Å². The van der Waals surface area contributed by atoms with Gasteiger partial charge in [-0.1, -0.05) is 6.92 Å². The number of ether oxygens (including phenoxy) is 1. The van der Waals surface area contributed by atoms with Crippen molar-refractivity contribution in [3.8, 4) is 0 Å². The Morgan fingerprint density at radius 1 is 1.14 bits per heavy atom. The van der Waals surface area contributed by atoms with Crippen LogP contribution >= 0.6 is 0 Å². The molecule has 0 atom stereocenters. The fourth-order valence-electron chi connectivity index (χ4n) is 6.41. The molecule has 9 nitrogen and oxygen atoms in total. The fourth-order valence-corrected chi connectivity index (χ4v) is 6.41. The van der Waals surface area contributed by atoms with Crippen molar-refractivity contribution in [2.45, 2.75) is 78.4 Å². The van der Waals surface area contributed by atoms with Gasteiger partial charge in [-0.15, -0.1) is 0 Å². The Kier molecular flexibility index (Phi) is 6.81. The molecule has 35 heavy (non-hydrogen) atoms. The van der Waals surface area contributed by atoms with E-state index in [1.54, 1.807) is 0 Å². The molecule has 0 aromatic carbocycles. The van der Waals surface area contributed by atoms with Gasteiger partial charge in [0.15, 0.2) is 0 Å². The number of morpholine rings is 1. The normalized spacial score (nSPS) is 25.5. The summed E-state index contributed by atoms with van der Waals surface area (Å²) in [5.74, 6) is 1.77. The number of rotatable bonds is 6. The Bertz CT molecular complexity index is 1070. The maximum absolute atomic E-state index is 7.83. The van der Waals surface area contributed by atoms with Gasteiger partial charge in [0.1, 0.15) is 17.5 Å². The molecule has 1 aliphatic carbocycles. The molecular weight excluding hydrogens is 440 g/mol. The Morgan fingerprint density at radius 3 is 2.57 bits per heavy atom. The molecule has 5 rings (SSSR count). The zero-order valence-corrected chi connectivity index (χ0v) is 21.5. The van der Waals surface area contributed by atoms with Gasteiger partial charge in [0.05, 0.1) is 24.5 Å². The quantitative estimate of drug-likeness (QED) is 0.612. The molecule has 190 valence electrons. The van der Waals surface area contributed by atoms with Crippen molar-refractivity contribution in [1.82, 2.24) is 24.6 Å². The Morgan fingerprint density at radius 2 is 1.89 bits per heavy atom. The Labute approximate surface area is 208 Å². The van der Waals surface area contributed by atoms with Crippen LogP contribution in [0.4, 0.5) is 11.6 Å². The number of hydrogen-bond donors (Lipinski definition) is 2. The number of aryl methyl sites for hydroxylation is 2. The lowest BCUT2D eigenvalue weighted by atomic mass is 9.70. The number of nitrogens with one attached hydrogen (secondary N) is 1. The van der Waals surface area contributed by atoms with E-state index in [4.69, 9.17) is 21.0 Å². The monoisotopic (exact) mass is 480 g/mol. The maximum Gasteiger partial charge on any atom is 0.143 e. The number of aromatic nitrogens is 4. The number of hydrogen-bond acceptors (Lipinski definition) is 8. The molecule has 0 radical (unpaired) electrons. The van der Waals surface area contributed by atoms with Gasteiger partial charge in [-0.25, -0.2) is 9.97 Å². The number of nitrogens with zero attached hydrogens (tertiary/aromatic N) is 6. The molecule has 2 aromatic heterocycles. The van der Waals surface area contributed by atoms with Crippen LogP contribution in [-0.4, -0.2) is 69.8 Å². The van der Waals surface area contributed by atoms with Gasteiger partial charge in [-0.3, -0.25) is 9.58 Å². The van der Waals surface area contributed by atoms with Crippen molar-refractivity contribution < 1.29 is 4.74 Å². The van der Waals surface area contributed by atoms with Crippen molar-refractivity contribution in [2.24, 2.45) is 5.41 Å². The molecule has 2 aliphatic heterocycles. The molecule has 3 aliphatic rings. The molecule has 0 spiro atoms.